The lowest BCUT2D eigenvalue weighted by Crippen LogP contribution is -2.26. The Morgan fingerprint density at radius 3 is 2.43 bits per heavy atom. The number of aromatic nitrogens is 3. The van der Waals surface area contributed by atoms with Crippen LogP contribution in [0, 0.1) is 0 Å². The summed E-state index contributed by atoms with van der Waals surface area (Å²) >= 11 is 0. The molecule has 0 bridgehead atoms. The Hall–Kier alpha value is -5.39. The molecule has 1 atom stereocenters. The number of rotatable bonds is 13. The molecular formula is C35H40N6O6. The molecule has 0 radical (unpaired) electrons. The van der Waals surface area contributed by atoms with E-state index in [9.17, 15) is 14.4 Å². The lowest BCUT2D eigenvalue weighted by molar-refractivity contribution is -0.119. The Labute approximate surface area is 273 Å². The zero-order valence-electron chi connectivity index (χ0n) is 27.1. The summed E-state index contributed by atoms with van der Waals surface area (Å²) in [6, 6.07) is 14.2. The zero-order chi connectivity index (χ0) is 33.3. The maximum absolute atomic E-state index is 13.5. The monoisotopic (exact) mass is 640 g/mol. The molecular weight excluding hydrogens is 600 g/mol. The molecule has 0 spiro atoms. The summed E-state index contributed by atoms with van der Waals surface area (Å²) in [4.78, 5) is 42.3. The van der Waals surface area contributed by atoms with Crippen molar-refractivity contribution >= 4 is 23.2 Å². The number of amides is 2. The number of methoxy groups -OCH3 is 3. The third-order valence-electron chi connectivity index (χ3n) is 8.17. The minimum atomic E-state index is -0.373. The normalized spacial score (nSPS) is 13.4. The molecule has 1 heterocycles. The second-order valence-corrected chi connectivity index (χ2v) is 11.3. The Bertz CT molecular complexity index is 1780. The van der Waals surface area contributed by atoms with Crippen molar-refractivity contribution in [3.05, 3.63) is 76.2 Å². The van der Waals surface area contributed by atoms with Gasteiger partial charge in [-0.2, -0.15) is 5.10 Å². The molecule has 1 unspecified atom stereocenters. The number of nitrogens with one attached hydrogen (secondary N) is 4. The Balaban J connectivity index is 1.24. The van der Waals surface area contributed by atoms with Crippen LogP contribution in [0.5, 0.6) is 17.2 Å². The second-order valence-electron chi connectivity index (χ2n) is 11.3. The van der Waals surface area contributed by atoms with Crippen molar-refractivity contribution in [2.75, 3.05) is 38.5 Å². The van der Waals surface area contributed by atoms with E-state index in [0.717, 1.165) is 40.8 Å². The summed E-state index contributed by atoms with van der Waals surface area (Å²) in [6.07, 6.45) is 5.36. The molecule has 0 fully saturated rings. The van der Waals surface area contributed by atoms with Gasteiger partial charge in [-0.25, -0.2) is 4.98 Å². The number of hydrogen-bond donors (Lipinski definition) is 4. The molecule has 1 aromatic heterocycles. The summed E-state index contributed by atoms with van der Waals surface area (Å²) in [6.45, 7) is 2.04. The van der Waals surface area contributed by atoms with Crippen molar-refractivity contribution in [1.82, 2.24) is 20.5 Å². The van der Waals surface area contributed by atoms with Gasteiger partial charge >= 0.3 is 0 Å². The molecule has 3 aromatic carbocycles. The highest BCUT2D eigenvalue weighted by molar-refractivity contribution is 5.91. The SMILES string of the molecule is COc1cc2c(c(OC)c1OC)-c1ccc(NCCCCCC(=O)Nc3ccc(-c4ncn[nH]4)cc3)c(=O)cc1C(NC(C)=O)CC2. The van der Waals surface area contributed by atoms with Crippen LogP contribution >= 0.6 is 0 Å². The Morgan fingerprint density at radius 2 is 1.74 bits per heavy atom. The number of nitrogens with zero attached hydrogens (tertiary/aromatic N) is 2. The van der Waals surface area contributed by atoms with Gasteiger partial charge in [-0.3, -0.25) is 19.5 Å². The van der Waals surface area contributed by atoms with Gasteiger partial charge in [0, 0.05) is 36.7 Å². The van der Waals surface area contributed by atoms with E-state index >= 15 is 0 Å². The number of fused-ring (bicyclic) bond motifs is 3. The lowest BCUT2D eigenvalue weighted by atomic mass is 9.95. The number of H-pyrrole nitrogens is 1. The van der Waals surface area contributed by atoms with Crippen LogP contribution in [0.3, 0.4) is 0 Å². The number of ether oxygens (including phenoxy) is 3. The highest BCUT2D eigenvalue weighted by Gasteiger charge is 2.29. The standard InChI is InChI=1S/C35H40N6O6/c1-21(42)39-27-15-11-23-18-30(45-2)33(46-3)34(47-4)32(23)25-14-16-28(29(43)19-26(25)27)36-17-7-5-6-8-31(44)40-24-12-9-22(10-13-24)35-37-20-38-41-35/h9-10,12-14,16,18-20,27H,5-8,11,15,17H2,1-4H3,(H,36,43)(H,39,42)(H,40,44)(H,37,38,41). The number of hydrogen-bond acceptors (Lipinski definition) is 9. The predicted molar refractivity (Wildman–Crippen MR) is 180 cm³/mol. The molecule has 0 saturated carbocycles. The second kappa shape index (κ2) is 15.3. The molecule has 12 heteroatoms. The van der Waals surface area contributed by atoms with Crippen LogP contribution in [0.2, 0.25) is 0 Å². The molecule has 12 nitrogen and oxygen atoms in total. The summed E-state index contributed by atoms with van der Waals surface area (Å²) in [5.74, 6) is 1.95. The number of carbonyl (C=O) groups excluding carboxylic acids is 2. The first kappa shape index (κ1) is 33.0. The smallest absolute Gasteiger partial charge is 0.224 e. The summed E-state index contributed by atoms with van der Waals surface area (Å²) in [7, 11) is 4.71. The van der Waals surface area contributed by atoms with E-state index < -0.39 is 0 Å². The van der Waals surface area contributed by atoms with Gasteiger partial charge in [-0.15, -0.1) is 0 Å². The highest BCUT2D eigenvalue weighted by Crippen LogP contribution is 2.50. The maximum atomic E-state index is 13.5. The van der Waals surface area contributed by atoms with Gasteiger partial charge in [0.05, 0.1) is 33.1 Å². The van der Waals surface area contributed by atoms with Crippen molar-refractivity contribution < 1.29 is 23.8 Å². The largest absolute Gasteiger partial charge is 0.493 e. The molecule has 4 N–H and O–H groups in total. The topological polar surface area (TPSA) is 157 Å². The quantitative estimate of drug-likeness (QED) is 0.143. The summed E-state index contributed by atoms with van der Waals surface area (Å²) < 4.78 is 17.1. The van der Waals surface area contributed by atoms with Gasteiger partial charge in [0.2, 0.25) is 23.0 Å². The fourth-order valence-electron chi connectivity index (χ4n) is 5.94. The molecule has 47 heavy (non-hydrogen) atoms. The van der Waals surface area contributed by atoms with Crippen LogP contribution in [-0.2, 0) is 16.0 Å². The first-order valence-electron chi connectivity index (χ1n) is 15.6. The number of benzene rings is 2. The Kier molecular flexibility index (Phi) is 10.7. The van der Waals surface area contributed by atoms with Gasteiger partial charge in [-0.05, 0) is 84.8 Å². The van der Waals surface area contributed by atoms with Crippen LogP contribution in [0.4, 0.5) is 11.4 Å². The average Bonchev–Trinajstić information content (AvgIpc) is 3.51. The molecule has 246 valence electrons. The van der Waals surface area contributed by atoms with E-state index in [4.69, 9.17) is 14.2 Å². The molecule has 4 aromatic rings. The third-order valence-corrected chi connectivity index (χ3v) is 8.17. The predicted octanol–water partition coefficient (Wildman–Crippen LogP) is 5.26. The van der Waals surface area contributed by atoms with Gasteiger partial charge in [0.15, 0.2) is 17.3 Å². The molecule has 1 aliphatic rings. The lowest BCUT2D eigenvalue weighted by Gasteiger charge is -2.19. The van der Waals surface area contributed by atoms with Gasteiger partial charge < -0.3 is 30.2 Å². The fraction of sp³-hybridized carbons (Fsp3) is 0.343. The molecule has 5 rings (SSSR count). The van der Waals surface area contributed by atoms with E-state index in [1.54, 1.807) is 33.5 Å². The highest BCUT2D eigenvalue weighted by atomic mass is 16.5. The van der Waals surface area contributed by atoms with Gasteiger partial charge in [0.25, 0.3) is 0 Å². The van der Waals surface area contributed by atoms with Crippen molar-refractivity contribution in [2.24, 2.45) is 0 Å². The van der Waals surface area contributed by atoms with E-state index in [2.05, 4.69) is 31.1 Å². The molecule has 0 aliphatic heterocycles. The number of aryl methyl sites for hydroxylation is 1. The van der Waals surface area contributed by atoms with Crippen molar-refractivity contribution in [3.8, 4) is 39.8 Å². The first-order chi connectivity index (χ1) is 22.8. The van der Waals surface area contributed by atoms with Gasteiger partial charge in [-0.1, -0.05) is 12.5 Å². The summed E-state index contributed by atoms with van der Waals surface area (Å²) in [5.41, 5.74) is 5.13. The van der Waals surface area contributed by atoms with Crippen molar-refractivity contribution in [1.29, 1.82) is 0 Å². The molecule has 2 amide bonds. The van der Waals surface area contributed by atoms with Crippen molar-refractivity contribution in [3.63, 3.8) is 0 Å². The third kappa shape index (κ3) is 7.71. The average molecular weight is 641 g/mol. The van der Waals surface area contributed by atoms with E-state index in [1.807, 2.05) is 36.4 Å². The Morgan fingerprint density at radius 1 is 0.957 bits per heavy atom. The van der Waals surface area contributed by atoms with E-state index in [0.29, 0.717) is 66.6 Å². The van der Waals surface area contributed by atoms with Crippen LogP contribution in [0.1, 0.15) is 56.2 Å². The number of unbranched alkanes of at least 4 members (excludes halogenated alkanes) is 2. The van der Waals surface area contributed by atoms with E-state index in [1.165, 1.54) is 13.3 Å². The summed E-state index contributed by atoms with van der Waals surface area (Å²) in [5, 5.41) is 15.9. The fourth-order valence-corrected chi connectivity index (χ4v) is 5.94. The van der Waals surface area contributed by atoms with E-state index in [-0.39, 0.29) is 23.3 Å². The molecule has 0 saturated heterocycles. The minimum Gasteiger partial charge on any atom is -0.493 e. The van der Waals surface area contributed by atoms with Crippen molar-refractivity contribution in [2.45, 2.75) is 51.5 Å². The number of carbonyl (C=O) groups is 2. The zero-order valence-corrected chi connectivity index (χ0v) is 27.1. The van der Waals surface area contributed by atoms with Crippen LogP contribution in [-0.4, -0.2) is 54.9 Å². The van der Waals surface area contributed by atoms with Gasteiger partial charge in [0.1, 0.15) is 6.33 Å². The number of anilines is 2. The minimum absolute atomic E-state index is 0.0533. The molecule has 1 aliphatic carbocycles. The van der Waals surface area contributed by atoms with Crippen LogP contribution in [0.25, 0.3) is 22.5 Å². The van der Waals surface area contributed by atoms with Crippen LogP contribution in [0.15, 0.2) is 59.7 Å². The first-order valence-corrected chi connectivity index (χ1v) is 15.6. The number of aromatic amines is 1. The van der Waals surface area contributed by atoms with Crippen LogP contribution < -0.4 is 35.6 Å². The maximum Gasteiger partial charge on any atom is 0.224 e.